The number of hydrogen-bond donors (Lipinski definition) is 2. The monoisotopic (exact) mass is 268 g/mol. The molecular weight excluding hydrogens is 248 g/mol. The molecule has 1 aliphatic carbocycles. The smallest absolute Gasteiger partial charge is 0.306 e. The molecule has 6 heteroatoms. The molecule has 0 radical (unpaired) electrons. The molecule has 0 aromatic carbocycles. The molecule has 1 aliphatic heterocycles. The largest absolute Gasteiger partial charge is 0.481 e. The SMILES string of the molecule is C[C@@H]1C(=O)NCCN1C(=O)[C@@H]1CCC[C@H](C(=O)O)C1. The first-order chi connectivity index (χ1) is 9.00. The molecule has 2 N–H and O–H groups in total. The molecule has 2 rings (SSSR count). The Hall–Kier alpha value is -1.59. The lowest BCUT2D eigenvalue weighted by Gasteiger charge is -2.37. The highest BCUT2D eigenvalue weighted by atomic mass is 16.4. The van der Waals surface area contributed by atoms with Gasteiger partial charge in [0.2, 0.25) is 11.8 Å². The molecule has 106 valence electrons. The predicted octanol–water partition coefficient (Wildman–Crippen LogP) is 0.224. The number of carbonyl (C=O) groups excluding carboxylic acids is 2. The van der Waals surface area contributed by atoms with Crippen LogP contribution in [0.4, 0.5) is 0 Å². The first-order valence-corrected chi connectivity index (χ1v) is 6.81. The van der Waals surface area contributed by atoms with E-state index in [2.05, 4.69) is 5.32 Å². The zero-order valence-corrected chi connectivity index (χ0v) is 11.1. The number of rotatable bonds is 2. The van der Waals surface area contributed by atoms with Crippen molar-refractivity contribution < 1.29 is 19.5 Å². The topological polar surface area (TPSA) is 86.7 Å². The van der Waals surface area contributed by atoms with Crippen molar-refractivity contribution >= 4 is 17.8 Å². The quantitative estimate of drug-likeness (QED) is 0.750. The summed E-state index contributed by atoms with van der Waals surface area (Å²) >= 11 is 0. The van der Waals surface area contributed by atoms with Crippen molar-refractivity contribution in [2.75, 3.05) is 13.1 Å². The Morgan fingerprint density at radius 3 is 2.68 bits per heavy atom. The van der Waals surface area contributed by atoms with Crippen LogP contribution in [0.1, 0.15) is 32.6 Å². The molecule has 1 heterocycles. The average molecular weight is 268 g/mol. The van der Waals surface area contributed by atoms with Crippen molar-refractivity contribution in [2.45, 2.75) is 38.6 Å². The van der Waals surface area contributed by atoms with Crippen molar-refractivity contribution in [1.29, 1.82) is 0 Å². The summed E-state index contributed by atoms with van der Waals surface area (Å²) in [5.41, 5.74) is 0. The number of hydrogen-bond acceptors (Lipinski definition) is 3. The summed E-state index contributed by atoms with van der Waals surface area (Å²) in [5, 5.41) is 11.8. The second-order valence-electron chi connectivity index (χ2n) is 5.40. The van der Waals surface area contributed by atoms with E-state index < -0.39 is 17.9 Å². The maximum absolute atomic E-state index is 12.4. The first-order valence-electron chi connectivity index (χ1n) is 6.81. The number of nitrogens with one attached hydrogen (secondary N) is 1. The van der Waals surface area contributed by atoms with Gasteiger partial charge in [0.15, 0.2) is 0 Å². The van der Waals surface area contributed by atoms with Crippen LogP contribution in [0.3, 0.4) is 0 Å². The fraction of sp³-hybridized carbons (Fsp3) is 0.769. The molecule has 0 unspecified atom stereocenters. The third kappa shape index (κ3) is 2.88. The van der Waals surface area contributed by atoms with Crippen LogP contribution in [0, 0.1) is 11.8 Å². The molecule has 1 saturated carbocycles. The predicted molar refractivity (Wildman–Crippen MR) is 67.3 cm³/mol. The molecule has 3 atom stereocenters. The summed E-state index contributed by atoms with van der Waals surface area (Å²) in [6.45, 7) is 2.70. The number of amides is 2. The number of carboxylic acids is 1. The Balaban J connectivity index is 2.02. The maximum Gasteiger partial charge on any atom is 0.306 e. The second-order valence-corrected chi connectivity index (χ2v) is 5.40. The van der Waals surface area contributed by atoms with Crippen LogP contribution in [0.25, 0.3) is 0 Å². The summed E-state index contributed by atoms with van der Waals surface area (Å²) in [7, 11) is 0. The normalized spacial score (nSPS) is 31.7. The third-order valence-corrected chi connectivity index (χ3v) is 4.15. The molecule has 1 saturated heterocycles. The van der Waals surface area contributed by atoms with Crippen molar-refractivity contribution in [3.63, 3.8) is 0 Å². The van der Waals surface area contributed by atoms with E-state index in [0.717, 1.165) is 12.8 Å². The molecule has 2 amide bonds. The van der Waals surface area contributed by atoms with E-state index in [4.69, 9.17) is 5.11 Å². The van der Waals surface area contributed by atoms with E-state index in [1.165, 1.54) is 0 Å². The van der Waals surface area contributed by atoms with Crippen LogP contribution in [0.2, 0.25) is 0 Å². The van der Waals surface area contributed by atoms with Crippen molar-refractivity contribution in [1.82, 2.24) is 10.2 Å². The van der Waals surface area contributed by atoms with Gasteiger partial charge < -0.3 is 15.3 Å². The molecule has 6 nitrogen and oxygen atoms in total. The Morgan fingerprint density at radius 2 is 2.00 bits per heavy atom. The van der Waals surface area contributed by atoms with Crippen molar-refractivity contribution in [3.8, 4) is 0 Å². The summed E-state index contributed by atoms with van der Waals surface area (Å²) in [5.74, 6) is -1.68. The van der Waals surface area contributed by atoms with Crippen LogP contribution in [-0.4, -0.2) is 46.9 Å². The number of aliphatic carboxylic acids is 1. The van der Waals surface area contributed by atoms with E-state index in [-0.39, 0.29) is 17.7 Å². The van der Waals surface area contributed by atoms with E-state index in [1.54, 1.807) is 11.8 Å². The van der Waals surface area contributed by atoms with Gasteiger partial charge in [-0.1, -0.05) is 6.42 Å². The highest BCUT2D eigenvalue weighted by Crippen LogP contribution is 2.31. The van der Waals surface area contributed by atoms with Gasteiger partial charge in [0.25, 0.3) is 0 Å². The number of nitrogens with zero attached hydrogens (tertiary/aromatic N) is 1. The molecule has 19 heavy (non-hydrogen) atoms. The molecule has 2 aliphatic rings. The van der Waals surface area contributed by atoms with E-state index in [9.17, 15) is 14.4 Å². The van der Waals surface area contributed by atoms with Crippen LogP contribution < -0.4 is 5.32 Å². The minimum atomic E-state index is -0.818. The Kier molecular flexibility index (Phi) is 4.07. The van der Waals surface area contributed by atoms with Gasteiger partial charge in [-0.3, -0.25) is 14.4 Å². The van der Waals surface area contributed by atoms with Crippen LogP contribution in [0.15, 0.2) is 0 Å². The molecule has 0 aromatic rings. The standard InChI is InChI=1S/C13H20N2O4/c1-8-11(16)14-5-6-15(8)12(17)9-3-2-4-10(7-9)13(18)19/h8-10H,2-7H2,1H3,(H,14,16)(H,18,19)/t8-,9-,10+/m1/s1. The molecule has 0 bridgehead atoms. The Morgan fingerprint density at radius 1 is 1.32 bits per heavy atom. The van der Waals surface area contributed by atoms with Gasteiger partial charge in [-0.15, -0.1) is 0 Å². The second kappa shape index (κ2) is 5.59. The van der Waals surface area contributed by atoms with E-state index in [0.29, 0.717) is 25.9 Å². The summed E-state index contributed by atoms with van der Waals surface area (Å²) < 4.78 is 0. The van der Waals surface area contributed by atoms with Crippen molar-refractivity contribution in [3.05, 3.63) is 0 Å². The first kappa shape index (κ1) is 13.8. The van der Waals surface area contributed by atoms with Gasteiger partial charge >= 0.3 is 5.97 Å². The highest BCUT2D eigenvalue weighted by Gasteiger charge is 2.37. The number of piperazine rings is 1. The summed E-state index contributed by atoms with van der Waals surface area (Å²) in [6.07, 6.45) is 2.55. The van der Waals surface area contributed by atoms with Gasteiger partial charge in [-0.05, 0) is 26.2 Å². The molecular formula is C13H20N2O4. The van der Waals surface area contributed by atoms with Crippen LogP contribution >= 0.6 is 0 Å². The zero-order chi connectivity index (χ0) is 14.0. The van der Waals surface area contributed by atoms with Crippen LogP contribution in [-0.2, 0) is 14.4 Å². The minimum absolute atomic E-state index is 0.0618. The molecule has 0 spiro atoms. The van der Waals surface area contributed by atoms with Gasteiger partial charge in [0.1, 0.15) is 6.04 Å². The lowest BCUT2D eigenvalue weighted by molar-refractivity contribution is -0.149. The fourth-order valence-electron chi connectivity index (χ4n) is 2.96. The number of carboxylic acid groups (broad SMARTS) is 1. The minimum Gasteiger partial charge on any atom is -0.481 e. The van der Waals surface area contributed by atoms with Crippen LogP contribution in [0.5, 0.6) is 0 Å². The third-order valence-electron chi connectivity index (χ3n) is 4.15. The lowest BCUT2D eigenvalue weighted by Crippen LogP contribution is -2.57. The summed E-state index contributed by atoms with van der Waals surface area (Å²) in [4.78, 5) is 36.6. The molecule has 2 fully saturated rings. The van der Waals surface area contributed by atoms with E-state index >= 15 is 0 Å². The molecule has 0 aromatic heterocycles. The average Bonchev–Trinajstić information content (AvgIpc) is 2.41. The number of carbonyl (C=O) groups is 3. The van der Waals surface area contributed by atoms with Gasteiger partial charge in [-0.2, -0.15) is 0 Å². The van der Waals surface area contributed by atoms with Crippen molar-refractivity contribution in [2.24, 2.45) is 11.8 Å². The summed E-state index contributed by atoms with van der Waals surface area (Å²) in [6, 6.07) is -0.452. The highest BCUT2D eigenvalue weighted by molar-refractivity contribution is 5.89. The van der Waals surface area contributed by atoms with Gasteiger partial charge in [-0.25, -0.2) is 0 Å². The Bertz CT molecular complexity index is 396. The fourth-order valence-corrected chi connectivity index (χ4v) is 2.96. The lowest BCUT2D eigenvalue weighted by atomic mass is 9.80. The van der Waals surface area contributed by atoms with Gasteiger partial charge in [0, 0.05) is 19.0 Å². The van der Waals surface area contributed by atoms with Gasteiger partial charge in [0.05, 0.1) is 5.92 Å². The zero-order valence-electron chi connectivity index (χ0n) is 11.1. The Labute approximate surface area is 112 Å². The maximum atomic E-state index is 12.4. The van der Waals surface area contributed by atoms with E-state index in [1.807, 2.05) is 0 Å².